The summed E-state index contributed by atoms with van der Waals surface area (Å²) in [5.74, 6) is -5.43. The Labute approximate surface area is 231 Å². The van der Waals surface area contributed by atoms with Gasteiger partial charge in [-0.2, -0.15) is 0 Å². The molecular formula is C29H20INO7. The number of imide groups is 1. The molecule has 6 rings (SSSR count). The predicted octanol–water partition coefficient (Wildman–Crippen LogP) is 4.16. The van der Waals surface area contributed by atoms with Crippen molar-refractivity contribution in [3.63, 3.8) is 0 Å². The monoisotopic (exact) mass is 621 g/mol. The first-order chi connectivity index (χ1) is 18.3. The summed E-state index contributed by atoms with van der Waals surface area (Å²) in [6.07, 6.45) is -0.987. The first-order valence-electron chi connectivity index (χ1n) is 12.1. The van der Waals surface area contributed by atoms with E-state index in [2.05, 4.69) is 22.6 Å². The maximum absolute atomic E-state index is 14.0. The molecule has 2 fully saturated rings. The third-order valence-corrected chi connectivity index (χ3v) is 8.07. The molecule has 3 atom stereocenters. The van der Waals surface area contributed by atoms with Gasteiger partial charge in [0, 0.05) is 14.7 Å². The number of amides is 2. The van der Waals surface area contributed by atoms with Crippen molar-refractivity contribution in [2.24, 2.45) is 11.8 Å². The summed E-state index contributed by atoms with van der Waals surface area (Å²) in [5.41, 5.74) is -0.685. The fraction of sp³-hybridized carbons (Fsp3) is 0.207. The van der Waals surface area contributed by atoms with Crippen LogP contribution in [0.1, 0.15) is 49.7 Å². The predicted molar refractivity (Wildman–Crippen MR) is 143 cm³/mol. The van der Waals surface area contributed by atoms with Crippen LogP contribution in [0.5, 0.6) is 0 Å². The zero-order chi connectivity index (χ0) is 26.8. The van der Waals surface area contributed by atoms with Crippen molar-refractivity contribution < 1.29 is 33.4 Å². The van der Waals surface area contributed by atoms with E-state index in [-0.39, 0.29) is 29.0 Å². The Morgan fingerprint density at radius 3 is 2.08 bits per heavy atom. The average molecular weight is 621 g/mol. The summed E-state index contributed by atoms with van der Waals surface area (Å²) in [5, 5.41) is 0. The second-order valence-electron chi connectivity index (χ2n) is 9.31. The number of rotatable bonds is 4. The minimum atomic E-state index is -2.13. The maximum atomic E-state index is 14.0. The lowest BCUT2D eigenvalue weighted by atomic mass is 9.77. The molecule has 0 bridgehead atoms. The van der Waals surface area contributed by atoms with Crippen LogP contribution in [0.15, 0.2) is 72.8 Å². The Kier molecular flexibility index (Phi) is 5.80. The third kappa shape index (κ3) is 3.34. The number of benzene rings is 3. The molecule has 2 aliphatic heterocycles. The van der Waals surface area contributed by atoms with Crippen molar-refractivity contribution in [1.29, 1.82) is 0 Å². The normalized spacial score (nSPS) is 23.2. The van der Waals surface area contributed by atoms with Gasteiger partial charge >= 0.3 is 5.97 Å². The summed E-state index contributed by atoms with van der Waals surface area (Å²) in [7, 11) is 0. The van der Waals surface area contributed by atoms with Gasteiger partial charge in [-0.25, -0.2) is 9.69 Å². The first kappa shape index (κ1) is 24.6. The van der Waals surface area contributed by atoms with Crippen molar-refractivity contribution in [2.75, 3.05) is 11.5 Å². The van der Waals surface area contributed by atoms with Gasteiger partial charge in [0.1, 0.15) is 0 Å². The fourth-order valence-electron chi connectivity index (χ4n) is 5.69. The first-order valence-corrected chi connectivity index (χ1v) is 13.1. The molecule has 0 N–H and O–H groups in total. The number of Topliss-reactive ketones (excluding diaryl/α,β-unsaturated/α-hetero) is 2. The molecule has 0 unspecified atom stereocenters. The van der Waals surface area contributed by atoms with Gasteiger partial charge in [0.2, 0.25) is 29.0 Å². The zero-order valence-corrected chi connectivity index (χ0v) is 22.2. The highest BCUT2D eigenvalue weighted by molar-refractivity contribution is 14.1. The Morgan fingerprint density at radius 1 is 0.895 bits per heavy atom. The molecule has 3 aromatic rings. The molecule has 3 aromatic carbocycles. The van der Waals surface area contributed by atoms with Crippen LogP contribution in [-0.4, -0.2) is 41.6 Å². The van der Waals surface area contributed by atoms with E-state index in [4.69, 9.17) is 9.47 Å². The number of hydrogen-bond donors (Lipinski definition) is 0. The second-order valence-corrected chi connectivity index (χ2v) is 10.6. The number of nitrogens with zero attached hydrogens (tertiary/aromatic N) is 1. The van der Waals surface area contributed by atoms with Crippen LogP contribution in [0, 0.1) is 15.4 Å². The molecule has 0 radical (unpaired) electrons. The van der Waals surface area contributed by atoms with Crippen LogP contribution >= 0.6 is 22.6 Å². The molecule has 2 amide bonds. The minimum Gasteiger partial charge on any atom is -0.462 e. The Balaban J connectivity index is 1.46. The molecule has 1 aliphatic carbocycles. The molecule has 8 nitrogen and oxygen atoms in total. The van der Waals surface area contributed by atoms with Crippen molar-refractivity contribution >= 4 is 57.6 Å². The van der Waals surface area contributed by atoms with Crippen LogP contribution < -0.4 is 4.90 Å². The number of hydrogen-bond acceptors (Lipinski definition) is 7. The number of ketones is 2. The smallest absolute Gasteiger partial charge is 0.338 e. The maximum Gasteiger partial charge on any atom is 0.338 e. The molecular weight excluding hydrogens is 601 g/mol. The van der Waals surface area contributed by atoms with E-state index >= 15 is 0 Å². The molecule has 1 spiro atoms. The summed E-state index contributed by atoms with van der Waals surface area (Å²) in [4.78, 5) is 68.6. The van der Waals surface area contributed by atoms with E-state index < -0.39 is 52.9 Å². The van der Waals surface area contributed by atoms with E-state index in [1.165, 1.54) is 36.4 Å². The van der Waals surface area contributed by atoms with E-state index in [1.54, 1.807) is 31.2 Å². The number of anilines is 1. The molecule has 38 heavy (non-hydrogen) atoms. The third-order valence-electron chi connectivity index (χ3n) is 7.35. The second kappa shape index (κ2) is 8.95. The molecule has 9 heteroatoms. The van der Waals surface area contributed by atoms with Crippen molar-refractivity contribution in [1.82, 2.24) is 0 Å². The highest BCUT2D eigenvalue weighted by atomic mass is 127. The SMILES string of the molecule is CCOC(=O)c1ccc(N2C(=O)[C@H]3[C@@H](c4ccc(I)cc4)OC4(C(=O)c5ccccc5C4=O)[C@@H]3C2=O)cc1. The Hall–Kier alpha value is -3.70. The van der Waals surface area contributed by atoms with Gasteiger partial charge < -0.3 is 9.47 Å². The lowest BCUT2D eigenvalue weighted by Crippen LogP contribution is -2.51. The number of esters is 1. The summed E-state index contributed by atoms with van der Waals surface area (Å²) < 4.78 is 12.2. The molecule has 2 saturated heterocycles. The van der Waals surface area contributed by atoms with E-state index in [1.807, 2.05) is 12.1 Å². The van der Waals surface area contributed by atoms with Gasteiger partial charge in [-0.1, -0.05) is 36.4 Å². The van der Waals surface area contributed by atoms with E-state index in [0.717, 1.165) is 8.47 Å². The highest BCUT2D eigenvalue weighted by Crippen LogP contribution is 2.57. The minimum absolute atomic E-state index is 0.178. The van der Waals surface area contributed by atoms with Gasteiger partial charge in [-0.3, -0.25) is 19.2 Å². The average Bonchev–Trinajstić information content (AvgIpc) is 3.49. The number of fused-ring (bicyclic) bond motifs is 3. The van der Waals surface area contributed by atoms with Gasteiger partial charge in [0.05, 0.1) is 35.8 Å². The van der Waals surface area contributed by atoms with Crippen molar-refractivity contribution in [2.45, 2.75) is 18.6 Å². The Bertz CT molecular complexity index is 1490. The van der Waals surface area contributed by atoms with Gasteiger partial charge in [-0.15, -0.1) is 0 Å². The zero-order valence-electron chi connectivity index (χ0n) is 20.1. The lowest BCUT2D eigenvalue weighted by Gasteiger charge is -2.27. The quantitative estimate of drug-likeness (QED) is 0.187. The number of ether oxygens (including phenoxy) is 2. The van der Waals surface area contributed by atoms with Crippen molar-refractivity contribution in [3.8, 4) is 0 Å². The van der Waals surface area contributed by atoms with E-state index in [9.17, 15) is 24.0 Å². The largest absolute Gasteiger partial charge is 0.462 e. The van der Waals surface area contributed by atoms with Crippen LogP contribution in [0.2, 0.25) is 0 Å². The molecule has 0 aromatic heterocycles. The van der Waals surface area contributed by atoms with E-state index in [0.29, 0.717) is 5.56 Å². The summed E-state index contributed by atoms with van der Waals surface area (Å²) in [6.45, 7) is 1.90. The molecule has 0 saturated carbocycles. The standard InChI is InChI=1S/C29H20INO7/c1-2-37-28(36)16-9-13-18(14-10-16)31-26(34)21-22(27(31)35)29(38-23(21)15-7-11-17(30)12-8-15)24(32)19-5-3-4-6-20(19)25(29)33/h3-14,21-23H,2H2,1H3/t21-,22+,23-/m1/s1. The Morgan fingerprint density at radius 2 is 1.50 bits per heavy atom. The van der Waals surface area contributed by atoms with Crippen LogP contribution in [0.25, 0.3) is 0 Å². The van der Waals surface area contributed by atoms with Crippen LogP contribution in [0.3, 0.4) is 0 Å². The molecule has 190 valence electrons. The molecule has 2 heterocycles. The topological polar surface area (TPSA) is 107 Å². The number of carbonyl (C=O) groups is 5. The lowest BCUT2D eigenvalue weighted by molar-refractivity contribution is -0.127. The highest BCUT2D eigenvalue weighted by Gasteiger charge is 2.74. The fourth-order valence-corrected chi connectivity index (χ4v) is 6.05. The number of carbonyl (C=O) groups excluding carboxylic acids is 5. The molecule has 3 aliphatic rings. The van der Waals surface area contributed by atoms with Crippen LogP contribution in [-0.2, 0) is 19.1 Å². The van der Waals surface area contributed by atoms with Gasteiger partial charge in [0.15, 0.2) is 0 Å². The van der Waals surface area contributed by atoms with Gasteiger partial charge in [0.25, 0.3) is 0 Å². The van der Waals surface area contributed by atoms with Crippen molar-refractivity contribution in [3.05, 3.63) is 98.6 Å². The summed E-state index contributed by atoms with van der Waals surface area (Å²) >= 11 is 2.15. The van der Waals surface area contributed by atoms with Gasteiger partial charge in [-0.05, 0) is 71.5 Å². The van der Waals surface area contributed by atoms with Crippen LogP contribution in [0.4, 0.5) is 5.69 Å². The number of halogens is 1. The summed E-state index contributed by atoms with van der Waals surface area (Å²) in [6, 6.07) is 19.5.